The topological polar surface area (TPSA) is 247 Å². The van der Waals surface area contributed by atoms with E-state index in [1.54, 1.807) is 42.6 Å². The molecule has 1 aromatic heterocycles. The zero-order chi connectivity index (χ0) is 32.2. The van der Waals surface area contributed by atoms with Crippen LogP contribution >= 0.6 is 0 Å². The van der Waals surface area contributed by atoms with Gasteiger partial charge in [-0.3, -0.25) is 24.0 Å². The Hall–Kier alpha value is -5.24. The average Bonchev–Trinajstić information content (AvgIpc) is 3.40. The molecule has 0 aliphatic carbocycles. The number of para-hydroxylation sites is 1. The van der Waals surface area contributed by atoms with Gasteiger partial charge in [-0.15, -0.1) is 0 Å². The Bertz CT molecular complexity index is 1490. The maximum absolute atomic E-state index is 13.7. The van der Waals surface area contributed by atoms with E-state index in [4.69, 9.17) is 16.6 Å². The third-order valence-electron chi connectivity index (χ3n) is 6.95. The third-order valence-corrected chi connectivity index (χ3v) is 6.95. The number of amides is 4. The van der Waals surface area contributed by atoms with Crippen LogP contribution < -0.4 is 27.4 Å². The first kappa shape index (κ1) is 33.3. The van der Waals surface area contributed by atoms with Crippen LogP contribution in [0, 0.1) is 0 Å². The predicted molar refractivity (Wildman–Crippen MR) is 159 cm³/mol. The summed E-state index contributed by atoms with van der Waals surface area (Å²) >= 11 is 0. The third kappa shape index (κ3) is 9.94. The lowest BCUT2D eigenvalue weighted by Gasteiger charge is -2.25. The van der Waals surface area contributed by atoms with E-state index in [2.05, 4.69) is 20.9 Å². The summed E-state index contributed by atoms with van der Waals surface area (Å²) in [7, 11) is 0. The Balaban J connectivity index is 1.88. The normalized spacial score (nSPS) is 13.7. The lowest BCUT2D eigenvalue weighted by molar-refractivity contribution is -0.142. The predicted octanol–water partition coefficient (Wildman–Crippen LogP) is -0.0503. The highest BCUT2D eigenvalue weighted by molar-refractivity contribution is 5.95. The van der Waals surface area contributed by atoms with Gasteiger partial charge in [0.25, 0.3) is 0 Å². The summed E-state index contributed by atoms with van der Waals surface area (Å²) in [5.74, 6) is -5.59. The smallest absolute Gasteiger partial charge is 0.326 e. The monoisotopic (exact) mass is 608 g/mol. The molecule has 4 amide bonds. The van der Waals surface area contributed by atoms with Gasteiger partial charge in [0.1, 0.15) is 18.1 Å². The SMILES string of the molecule is NC(=O)CCC(NC(=O)C(Cc1c[nH]c2ccccc12)NC(=O)C(Cc1ccccc1)NC(=O)C(N)CCC(=O)O)C(=O)O. The molecule has 1 heterocycles. The summed E-state index contributed by atoms with van der Waals surface area (Å²) in [6, 6.07) is 10.8. The van der Waals surface area contributed by atoms with Gasteiger partial charge in [0.15, 0.2) is 0 Å². The molecule has 3 aromatic rings. The molecule has 44 heavy (non-hydrogen) atoms. The molecule has 4 atom stereocenters. The summed E-state index contributed by atoms with van der Waals surface area (Å²) in [5, 5.41) is 26.9. The molecule has 0 radical (unpaired) electrons. The van der Waals surface area contributed by atoms with Crippen LogP contribution in [0.1, 0.15) is 36.8 Å². The van der Waals surface area contributed by atoms with E-state index in [9.17, 15) is 33.9 Å². The number of fused-ring (bicyclic) bond motifs is 1. The molecule has 0 fully saturated rings. The largest absolute Gasteiger partial charge is 0.481 e. The van der Waals surface area contributed by atoms with Gasteiger partial charge >= 0.3 is 11.9 Å². The molecule has 14 nitrogen and oxygen atoms in total. The molecule has 0 saturated carbocycles. The molecule has 14 heteroatoms. The first-order valence-corrected chi connectivity index (χ1v) is 13.9. The van der Waals surface area contributed by atoms with Crippen molar-refractivity contribution in [3.8, 4) is 0 Å². The minimum absolute atomic E-state index is 0.0157. The number of aliphatic carboxylic acids is 2. The van der Waals surface area contributed by atoms with E-state index in [0.29, 0.717) is 11.1 Å². The number of benzene rings is 2. The van der Waals surface area contributed by atoms with Crippen molar-refractivity contribution in [2.24, 2.45) is 11.5 Å². The highest BCUT2D eigenvalue weighted by atomic mass is 16.4. The number of carboxylic acids is 2. The molecule has 0 saturated heterocycles. The number of aromatic amines is 1. The van der Waals surface area contributed by atoms with Crippen LogP contribution in [-0.4, -0.2) is 74.9 Å². The molecular formula is C30H36N6O8. The summed E-state index contributed by atoms with van der Waals surface area (Å²) in [6.07, 6.45) is 0.584. The van der Waals surface area contributed by atoms with Gasteiger partial charge in [-0.2, -0.15) is 0 Å². The van der Waals surface area contributed by atoms with Crippen LogP contribution in [0.4, 0.5) is 0 Å². The van der Waals surface area contributed by atoms with Crippen LogP contribution in [0.2, 0.25) is 0 Å². The molecule has 3 rings (SSSR count). The van der Waals surface area contributed by atoms with Crippen molar-refractivity contribution in [3.05, 3.63) is 71.9 Å². The van der Waals surface area contributed by atoms with Crippen LogP contribution in [0.25, 0.3) is 10.9 Å². The van der Waals surface area contributed by atoms with E-state index in [1.807, 2.05) is 18.2 Å². The molecule has 2 aromatic carbocycles. The number of aromatic nitrogens is 1. The number of hydrogen-bond donors (Lipinski definition) is 8. The number of nitrogens with two attached hydrogens (primary N) is 2. The Morgan fingerprint density at radius 3 is 1.95 bits per heavy atom. The van der Waals surface area contributed by atoms with Crippen molar-refractivity contribution >= 4 is 46.5 Å². The fourth-order valence-electron chi connectivity index (χ4n) is 4.57. The Kier molecular flexibility index (Phi) is 12.0. The highest BCUT2D eigenvalue weighted by Crippen LogP contribution is 2.19. The van der Waals surface area contributed by atoms with Gasteiger partial charge in [-0.1, -0.05) is 48.5 Å². The number of hydrogen-bond acceptors (Lipinski definition) is 7. The molecule has 0 aliphatic rings. The van der Waals surface area contributed by atoms with Crippen molar-refractivity contribution in [2.75, 3.05) is 0 Å². The zero-order valence-corrected chi connectivity index (χ0v) is 23.8. The maximum Gasteiger partial charge on any atom is 0.326 e. The van der Waals surface area contributed by atoms with Crippen LogP contribution in [0.15, 0.2) is 60.8 Å². The van der Waals surface area contributed by atoms with Crippen molar-refractivity contribution in [1.29, 1.82) is 0 Å². The minimum Gasteiger partial charge on any atom is -0.481 e. The lowest BCUT2D eigenvalue weighted by atomic mass is 10.0. The Labute approximate surface area is 252 Å². The molecule has 0 aliphatic heterocycles. The number of nitrogens with one attached hydrogen (secondary N) is 4. The first-order chi connectivity index (χ1) is 20.9. The first-order valence-electron chi connectivity index (χ1n) is 13.9. The van der Waals surface area contributed by atoms with E-state index in [1.165, 1.54) is 0 Å². The minimum atomic E-state index is -1.45. The molecule has 0 spiro atoms. The van der Waals surface area contributed by atoms with Crippen LogP contribution in [-0.2, 0) is 41.6 Å². The molecule has 10 N–H and O–H groups in total. The van der Waals surface area contributed by atoms with Crippen LogP contribution in [0.5, 0.6) is 0 Å². The fourth-order valence-corrected chi connectivity index (χ4v) is 4.57. The molecular weight excluding hydrogens is 572 g/mol. The molecule has 4 unspecified atom stereocenters. The number of primary amides is 1. The number of carboxylic acid groups (broad SMARTS) is 2. The van der Waals surface area contributed by atoms with E-state index >= 15 is 0 Å². The number of carbonyl (C=O) groups excluding carboxylic acids is 4. The average molecular weight is 609 g/mol. The van der Waals surface area contributed by atoms with E-state index in [0.717, 1.165) is 10.9 Å². The van der Waals surface area contributed by atoms with Gasteiger partial charge in [0.05, 0.1) is 6.04 Å². The second-order valence-corrected chi connectivity index (χ2v) is 10.3. The van der Waals surface area contributed by atoms with Gasteiger partial charge in [-0.05, 0) is 30.0 Å². The number of rotatable bonds is 17. The summed E-state index contributed by atoms with van der Waals surface area (Å²) in [4.78, 5) is 77.1. The van der Waals surface area contributed by atoms with Gasteiger partial charge in [0.2, 0.25) is 23.6 Å². The van der Waals surface area contributed by atoms with Crippen molar-refractivity contribution in [3.63, 3.8) is 0 Å². The van der Waals surface area contributed by atoms with Crippen molar-refractivity contribution in [1.82, 2.24) is 20.9 Å². The van der Waals surface area contributed by atoms with E-state index in [-0.39, 0.29) is 38.5 Å². The summed E-state index contributed by atoms with van der Waals surface area (Å²) in [5.41, 5.74) is 13.1. The maximum atomic E-state index is 13.7. The fraction of sp³-hybridized carbons (Fsp3) is 0.333. The van der Waals surface area contributed by atoms with Crippen LogP contribution in [0.3, 0.4) is 0 Å². The summed E-state index contributed by atoms with van der Waals surface area (Å²) < 4.78 is 0. The Morgan fingerprint density at radius 2 is 1.32 bits per heavy atom. The Morgan fingerprint density at radius 1 is 0.727 bits per heavy atom. The van der Waals surface area contributed by atoms with Crippen molar-refractivity contribution in [2.45, 2.75) is 62.7 Å². The molecule has 0 bridgehead atoms. The number of H-pyrrole nitrogens is 1. The zero-order valence-electron chi connectivity index (χ0n) is 23.8. The van der Waals surface area contributed by atoms with Gasteiger partial charge in [-0.25, -0.2) is 4.79 Å². The standard InChI is InChI=1S/C30H36N6O8/c31-20(10-13-26(38)39)27(40)35-23(14-17-6-2-1-3-7-17)28(41)36-24(15-18-16-33-21-9-5-4-8-19(18)21)29(42)34-22(30(43)44)11-12-25(32)37/h1-9,16,20,22-24,33H,10-15,31H2,(H2,32,37)(H,34,42)(H,35,40)(H,36,41)(H,38,39)(H,43,44). The second-order valence-electron chi connectivity index (χ2n) is 10.3. The van der Waals surface area contributed by atoms with E-state index < -0.39 is 59.7 Å². The van der Waals surface area contributed by atoms with Gasteiger partial charge in [0, 0.05) is 42.8 Å². The lowest BCUT2D eigenvalue weighted by Crippen LogP contribution is -2.58. The highest BCUT2D eigenvalue weighted by Gasteiger charge is 2.31. The summed E-state index contributed by atoms with van der Waals surface area (Å²) in [6.45, 7) is 0. The second kappa shape index (κ2) is 15.8. The van der Waals surface area contributed by atoms with Crippen molar-refractivity contribution < 1.29 is 39.0 Å². The quantitative estimate of drug-likeness (QED) is 0.102. The number of carbonyl (C=O) groups is 6. The van der Waals surface area contributed by atoms with Gasteiger partial charge < -0.3 is 42.6 Å². The molecule has 234 valence electrons.